The quantitative estimate of drug-likeness (QED) is 0.805. The van der Waals surface area contributed by atoms with Gasteiger partial charge < -0.3 is 4.90 Å². The van der Waals surface area contributed by atoms with Gasteiger partial charge in [-0.3, -0.25) is 19.7 Å². The van der Waals surface area contributed by atoms with Crippen molar-refractivity contribution in [2.45, 2.75) is 51.6 Å². The van der Waals surface area contributed by atoms with Gasteiger partial charge in [0.15, 0.2) is 0 Å². The molecular weight excluding hydrogens is 346 g/mol. The first-order chi connectivity index (χ1) is 13.1. The number of aryl methyl sites for hydroxylation is 1. The number of fused-ring (bicyclic) bond motifs is 1. The van der Waals surface area contributed by atoms with Crippen LogP contribution in [0.3, 0.4) is 0 Å². The highest BCUT2D eigenvalue weighted by Gasteiger charge is 2.39. The fourth-order valence-corrected chi connectivity index (χ4v) is 3.58. The smallest absolute Gasteiger partial charge is 0.255 e. The number of piperidine rings is 1. The highest BCUT2D eigenvalue weighted by atomic mass is 16.2. The monoisotopic (exact) mass is 367 g/mol. The van der Waals surface area contributed by atoms with E-state index in [9.17, 15) is 14.4 Å². The molecule has 1 unspecified atom stereocenters. The summed E-state index contributed by atoms with van der Waals surface area (Å²) in [4.78, 5) is 37.9. The van der Waals surface area contributed by atoms with Crippen LogP contribution in [0.25, 0.3) is 5.69 Å². The maximum absolute atomic E-state index is 12.9. The van der Waals surface area contributed by atoms with Crippen molar-refractivity contribution in [3.05, 3.63) is 41.2 Å². The number of imide groups is 1. The van der Waals surface area contributed by atoms with Crippen LogP contribution >= 0.6 is 0 Å². The molecule has 0 bridgehead atoms. The number of amides is 3. The van der Waals surface area contributed by atoms with Gasteiger partial charge >= 0.3 is 0 Å². The minimum absolute atomic E-state index is 0.187. The predicted molar refractivity (Wildman–Crippen MR) is 96.0 cm³/mol. The molecule has 27 heavy (non-hydrogen) atoms. The van der Waals surface area contributed by atoms with Gasteiger partial charge in [-0.1, -0.05) is 24.6 Å². The Labute approximate surface area is 156 Å². The molecule has 0 saturated carbocycles. The fraction of sp³-hybridized carbons (Fsp3) is 0.421. The van der Waals surface area contributed by atoms with Gasteiger partial charge in [0.05, 0.1) is 17.6 Å². The molecule has 3 heterocycles. The number of carbonyl (C=O) groups excluding carboxylic acids is 3. The first-order valence-electron chi connectivity index (χ1n) is 9.26. The third-order valence-corrected chi connectivity index (χ3v) is 5.10. The van der Waals surface area contributed by atoms with Gasteiger partial charge in [-0.05, 0) is 37.0 Å². The van der Waals surface area contributed by atoms with Gasteiger partial charge in [-0.25, -0.2) is 4.68 Å². The Kier molecular flexibility index (Phi) is 4.47. The van der Waals surface area contributed by atoms with E-state index in [1.807, 2.05) is 18.3 Å². The van der Waals surface area contributed by atoms with Crippen molar-refractivity contribution in [1.29, 1.82) is 0 Å². The molecule has 1 aromatic heterocycles. The van der Waals surface area contributed by atoms with E-state index in [1.165, 1.54) is 0 Å². The van der Waals surface area contributed by atoms with Gasteiger partial charge in [0.1, 0.15) is 6.04 Å². The number of hydrogen-bond donors (Lipinski definition) is 1. The normalized spacial score (nSPS) is 19.4. The highest BCUT2D eigenvalue weighted by Crippen LogP contribution is 2.29. The molecule has 2 aromatic rings. The molecule has 140 valence electrons. The van der Waals surface area contributed by atoms with E-state index in [1.54, 1.807) is 15.6 Å². The lowest BCUT2D eigenvalue weighted by Crippen LogP contribution is -2.52. The number of nitrogens with zero attached hydrogens (tertiary/aromatic N) is 4. The molecule has 1 fully saturated rings. The van der Waals surface area contributed by atoms with Crippen LogP contribution in [0.15, 0.2) is 24.4 Å². The van der Waals surface area contributed by atoms with E-state index in [0.717, 1.165) is 36.2 Å². The zero-order valence-corrected chi connectivity index (χ0v) is 15.1. The van der Waals surface area contributed by atoms with E-state index in [4.69, 9.17) is 0 Å². The molecule has 0 aliphatic carbocycles. The average molecular weight is 367 g/mol. The molecule has 0 radical (unpaired) electrons. The number of benzene rings is 1. The summed E-state index contributed by atoms with van der Waals surface area (Å²) in [6.07, 6.45) is 5.53. The van der Waals surface area contributed by atoms with Crippen LogP contribution in [0, 0.1) is 0 Å². The van der Waals surface area contributed by atoms with Gasteiger partial charge in [-0.2, -0.15) is 0 Å². The van der Waals surface area contributed by atoms with Crippen molar-refractivity contribution >= 4 is 17.7 Å². The van der Waals surface area contributed by atoms with Crippen molar-refractivity contribution < 1.29 is 14.4 Å². The van der Waals surface area contributed by atoms with Crippen LogP contribution in [0.4, 0.5) is 0 Å². The summed E-state index contributed by atoms with van der Waals surface area (Å²) in [5, 5.41) is 10.7. The molecule has 2 aliphatic rings. The zero-order chi connectivity index (χ0) is 19.0. The molecule has 1 N–H and O–H groups in total. The largest absolute Gasteiger partial charge is 0.322 e. The number of nitrogens with one attached hydrogen (secondary N) is 1. The Morgan fingerprint density at radius 3 is 2.89 bits per heavy atom. The van der Waals surface area contributed by atoms with Crippen LogP contribution in [0.1, 0.15) is 54.2 Å². The molecule has 1 atom stereocenters. The maximum atomic E-state index is 12.9. The molecule has 4 rings (SSSR count). The van der Waals surface area contributed by atoms with Crippen LogP contribution in [0.2, 0.25) is 0 Å². The Morgan fingerprint density at radius 1 is 1.26 bits per heavy atom. The summed E-state index contributed by atoms with van der Waals surface area (Å²) in [7, 11) is 0. The number of unbranched alkanes of at least 4 members (excludes halogenated alkanes) is 1. The molecule has 0 spiro atoms. The summed E-state index contributed by atoms with van der Waals surface area (Å²) in [6.45, 7) is 2.50. The van der Waals surface area contributed by atoms with E-state index in [0.29, 0.717) is 18.5 Å². The fourth-order valence-electron chi connectivity index (χ4n) is 3.58. The number of rotatable bonds is 5. The third kappa shape index (κ3) is 3.22. The van der Waals surface area contributed by atoms with Crippen LogP contribution < -0.4 is 5.32 Å². The van der Waals surface area contributed by atoms with Crippen molar-refractivity contribution in [2.75, 3.05) is 0 Å². The van der Waals surface area contributed by atoms with E-state index in [-0.39, 0.29) is 18.2 Å². The second-order valence-corrected chi connectivity index (χ2v) is 7.00. The summed E-state index contributed by atoms with van der Waals surface area (Å²) in [5.74, 6) is -0.870. The van der Waals surface area contributed by atoms with Gasteiger partial charge in [0.2, 0.25) is 11.8 Å². The molecule has 1 saturated heterocycles. The lowest BCUT2D eigenvalue weighted by molar-refractivity contribution is -0.136. The van der Waals surface area contributed by atoms with Crippen LogP contribution in [-0.4, -0.2) is 43.7 Å². The standard InChI is InChI=1S/C19H21N5O3/c1-2-3-4-13-11-24(22-21-13)14-6-5-12-10-23(19(27)15(12)9-14)16-7-8-17(25)20-18(16)26/h5-6,9,11,16H,2-4,7-8,10H2,1H3,(H,20,25,26). The van der Waals surface area contributed by atoms with Crippen molar-refractivity contribution in [2.24, 2.45) is 0 Å². The first kappa shape index (κ1) is 17.4. The molecular formula is C19H21N5O3. The van der Waals surface area contributed by atoms with Crippen molar-refractivity contribution in [1.82, 2.24) is 25.2 Å². The maximum Gasteiger partial charge on any atom is 0.255 e. The predicted octanol–water partition coefficient (Wildman–Crippen LogP) is 1.37. The van der Waals surface area contributed by atoms with Crippen molar-refractivity contribution in [3.8, 4) is 5.69 Å². The Balaban J connectivity index is 1.55. The second-order valence-electron chi connectivity index (χ2n) is 7.00. The highest BCUT2D eigenvalue weighted by molar-refractivity contribution is 6.05. The zero-order valence-electron chi connectivity index (χ0n) is 15.1. The number of carbonyl (C=O) groups is 3. The summed E-state index contributed by atoms with van der Waals surface area (Å²) in [6, 6.07) is 4.99. The topological polar surface area (TPSA) is 97.2 Å². The molecule has 3 amide bonds. The minimum Gasteiger partial charge on any atom is -0.322 e. The lowest BCUT2D eigenvalue weighted by Gasteiger charge is -2.29. The Hall–Kier alpha value is -3.03. The molecule has 1 aromatic carbocycles. The molecule has 8 nitrogen and oxygen atoms in total. The lowest BCUT2D eigenvalue weighted by atomic mass is 10.0. The number of hydrogen-bond acceptors (Lipinski definition) is 5. The van der Waals surface area contributed by atoms with Crippen LogP contribution in [-0.2, 0) is 22.6 Å². The van der Waals surface area contributed by atoms with E-state index < -0.39 is 11.9 Å². The first-order valence-corrected chi connectivity index (χ1v) is 9.26. The SMILES string of the molecule is CCCCc1cn(-c2ccc3c(c2)C(=O)N(C2CCC(=O)NC2=O)C3)nn1. The summed E-state index contributed by atoms with van der Waals surface area (Å²) in [5.41, 5.74) is 3.14. The Bertz CT molecular complexity index is 920. The van der Waals surface area contributed by atoms with Gasteiger partial charge in [-0.15, -0.1) is 5.10 Å². The third-order valence-electron chi connectivity index (χ3n) is 5.10. The molecule has 2 aliphatic heterocycles. The average Bonchev–Trinajstić information content (AvgIpc) is 3.25. The summed E-state index contributed by atoms with van der Waals surface area (Å²) >= 11 is 0. The van der Waals surface area contributed by atoms with Crippen LogP contribution in [0.5, 0.6) is 0 Å². The van der Waals surface area contributed by atoms with Gasteiger partial charge in [0, 0.05) is 18.5 Å². The van der Waals surface area contributed by atoms with Crippen molar-refractivity contribution in [3.63, 3.8) is 0 Å². The van der Waals surface area contributed by atoms with E-state index in [2.05, 4.69) is 22.6 Å². The van der Waals surface area contributed by atoms with Gasteiger partial charge in [0.25, 0.3) is 5.91 Å². The number of aromatic nitrogens is 3. The second kappa shape index (κ2) is 6.94. The minimum atomic E-state index is -0.599. The Morgan fingerprint density at radius 2 is 2.11 bits per heavy atom. The summed E-state index contributed by atoms with van der Waals surface area (Å²) < 4.78 is 1.67. The molecule has 8 heteroatoms. The van der Waals surface area contributed by atoms with E-state index >= 15 is 0 Å².